The maximum absolute atomic E-state index is 12.2. The monoisotopic (exact) mass is 244 g/mol. The van der Waals surface area contributed by atoms with Crippen molar-refractivity contribution < 1.29 is 4.74 Å². The molecule has 0 N–H and O–H groups in total. The second-order valence-electron chi connectivity index (χ2n) is 4.71. The van der Waals surface area contributed by atoms with Gasteiger partial charge in [0.2, 0.25) is 0 Å². The molecule has 1 aliphatic heterocycles. The molecule has 2 aromatic rings. The highest BCUT2D eigenvalue weighted by Gasteiger charge is 2.16. The number of benzene rings is 1. The van der Waals surface area contributed by atoms with Crippen molar-refractivity contribution in [3.8, 4) is 0 Å². The molecule has 1 aromatic carbocycles. The lowest BCUT2D eigenvalue weighted by Crippen LogP contribution is -2.32. The number of ether oxygens (including phenoxy) is 1. The Hall–Kier alpha value is -1.68. The molecule has 1 fully saturated rings. The van der Waals surface area contributed by atoms with Gasteiger partial charge in [-0.2, -0.15) is 5.10 Å². The van der Waals surface area contributed by atoms with Crippen molar-refractivity contribution in [2.45, 2.75) is 31.9 Å². The Labute approximate surface area is 105 Å². The molecule has 1 aliphatic rings. The average molecular weight is 244 g/mol. The molecule has 18 heavy (non-hydrogen) atoms. The lowest BCUT2D eigenvalue weighted by molar-refractivity contribution is 0.00326. The van der Waals surface area contributed by atoms with Gasteiger partial charge >= 0.3 is 0 Å². The smallest absolute Gasteiger partial charge is 0.274 e. The van der Waals surface area contributed by atoms with Gasteiger partial charge in [-0.3, -0.25) is 4.79 Å². The van der Waals surface area contributed by atoms with Crippen molar-refractivity contribution >= 4 is 10.8 Å². The molecule has 0 amide bonds. The van der Waals surface area contributed by atoms with Crippen LogP contribution in [0, 0.1) is 0 Å². The van der Waals surface area contributed by atoms with E-state index < -0.39 is 0 Å². The van der Waals surface area contributed by atoms with Gasteiger partial charge in [-0.1, -0.05) is 18.2 Å². The molecule has 2 heterocycles. The topological polar surface area (TPSA) is 44.1 Å². The number of hydrogen-bond donors (Lipinski definition) is 0. The molecule has 0 radical (unpaired) electrons. The molecule has 0 spiro atoms. The highest BCUT2D eigenvalue weighted by Crippen LogP contribution is 2.14. The predicted octanol–water partition coefficient (Wildman–Crippen LogP) is 1.97. The van der Waals surface area contributed by atoms with Crippen LogP contribution in [-0.4, -0.2) is 22.5 Å². The number of nitrogens with zero attached hydrogens (tertiary/aromatic N) is 2. The fourth-order valence-corrected chi connectivity index (χ4v) is 2.40. The van der Waals surface area contributed by atoms with Gasteiger partial charge < -0.3 is 4.74 Å². The van der Waals surface area contributed by atoms with Gasteiger partial charge in [0, 0.05) is 12.0 Å². The summed E-state index contributed by atoms with van der Waals surface area (Å²) < 4.78 is 7.18. The van der Waals surface area contributed by atoms with E-state index in [1.807, 2.05) is 24.3 Å². The summed E-state index contributed by atoms with van der Waals surface area (Å²) in [6, 6.07) is 7.55. The molecule has 1 unspecified atom stereocenters. The molecule has 0 bridgehead atoms. The van der Waals surface area contributed by atoms with Crippen LogP contribution in [-0.2, 0) is 11.3 Å². The summed E-state index contributed by atoms with van der Waals surface area (Å²) >= 11 is 0. The van der Waals surface area contributed by atoms with Gasteiger partial charge in [0.15, 0.2) is 0 Å². The number of hydrogen-bond acceptors (Lipinski definition) is 3. The minimum absolute atomic E-state index is 0.0257. The van der Waals surface area contributed by atoms with E-state index in [1.54, 1.807) is 6.20 Å². The van der Waals surface area contributed by atoms with Crippen LogP contribution in [0.5, 0.6) is 0 Å². The van der Waals surface area contributed by atoms with Crippen molar-refractivity contribution in [1.29, 1.82) is 0 Å². The second-order valence-corrected chi connectivity index (χ2v) is 4.71. The third-order valence-electron chi connectivity index (χ3n) is 3.41. The lowest BCUT2D eigenvalue weighted by Gasteiger charge is -2.22. The highest BCUT2D eigenvalue weighted by molar-refractivity contribution is 5.80. The first kappa shape index (κ1) is 11.4. The van der Waals surface area contributed by atoms with Crippen molar-refractivity contribution in [3.05, 3.63) is 40.8 Å². The molecule has 1 saturated heterocycles. The van der Waals surface area contributed by atoms with E-state index in [0.29, 0.717) is 6.54 Å². The quantitative estimate of drug-likeness (QED) is 0.811. The Kier molecular flexibility index (Phi) is 3.11. The zero-order valence-corrected chi connectivity index (χ0v) is 10.2. The normalized spacial score (nSPS) is 20.1. The van der Waals surface area contributed by atoms with E-state index in [2.05, 4.69) is 5.10 Å². The van der Waals surface area contributed by atoms with E-state index in [-0.39, 0.29) is 11.7 Å². The van der Waals surface area contributed by atoms with Crippen LogP contribution in [0.15, 0.2) is 35.3 Å². The summed E-state index contributed by atoms with van der Waals surface area (Å²) in [5, 5.41) is 5.84. The summed E-state index contributed by atoms with van der Waals surface area (Å²) in [6.07, 6.45) is 5.19. The molecule has 1 aromatic heterocycles. The van der Waals surface area contributed by atoms with Crippen LogP contribution in [0.2, 0.25) is 0 Å². The van der Waals surface area contributed by atoms with Gasteiger partial charge in [-0.05, 0) is 25.3 Å². The SMILES string of the molecule is O=c1c2ccccc2cnn1CC1CCCCO1. The maximum atomic E-state index is 12.2. The van der Waals surface area contributed by atoms with Crippen LogP contribution < -0.4 is 5.56 Å². The third-order valence-corrected chi connectivity index (χ3v) is 3.41. The first-order chi connectivity index (χ1) is 8.84. The molecule has 4 nitrogen and oxygen atoms in total. The lowest BCUT2D eigenvalue weighted by atomic mass is 10.1. The minimum atomic E-state index is -0.0257. The minimum Gasteiger partial charge on any atom is -0.376 e. The van der Waals surface area contributed by atoms with Crippen LogP contribution >= 0.6 is 0 Å². The Balaban J connectivity index is 1.92. The molecule has 94 valence electrons. The van der Waals surface area contributed by atoms with Gasteiger partial charge in [0.05, 0.1) is 24.2 Å². The summed E-state index contributed by atoms with van der Waals surface area (Å²) in [6.45, 7) is 1.36. The van der Waals surface area contributed by atoms with Crippen molar-refractivity contribution in [2.75, 3.05) is 6.61 Å². The van der Waals surface area contributed by atoms with Crippen molar-refractivity contribution in [1.82, 2.24) is 9.78 Å². The molecular weight excluding hydrogens is 228 g/mol. The van der Waals surface area contributed by atoms with Crippen LogP contribution in [0.1, 0.15) is 19.3 Å². The largest absolute Gasteiger partial charge is 0.376 e. The van der Waals surface area contributed by atoms with Gasteiger partial charge in [0.25, 0.3) is 5.56 Å². The predicted molar refractivity (Wildman–Crippen MR) is 69.6 cm³/mol. The van der Waals surface area contributed by atoms with Gasteiger partial charge in [0.1, 0.15) is 0 Å². The van der Waals surface area contributed by atoms with E-state index in [9.17, 15) is 4.79 Å². The number of aromatic nitrogens is 2. The van der Waals surface area contributed by atoms with Crippen LogP contribution in [0.3, 0.4) is 0 Å². The zero-order chi connectivity index (χ0) is 12.4. The molecule has 0 aliphatic carbocycles. The first-order valence-corrected chi connectivity index (χ1v) is 6.41. The van der Waals surface area contributed by atoms with E-state index >= 15 is 0 Å². The second kappa shape index (κ2) is 4.90. The standard InChI is InChI=1S/C14H16N2O2/c17-14-13-7-2-1-5-11(13)9-15-16(14)10-12-6-3-4-8-18-12/h1-2,5,7,9,12H,3-4,6,8,10H2. The Morgan fingerprint density at radius 1 is 1.33 bits per heavy atom. The first-order valence-electron chi connectivity index (χ1n) is 6.41. The summed E-state index contributed by atoms with van der Waals surface area (Å²) in [5.41, 5.74) is -0.0257. The molecule has 0 saturated carbocycles. The van der Waals surface area contributed by atoms with Crippen LogP contribution in [0.25, 0.3) is 10.8 Å². The Morgan fingerprint density at radius 3 is 3.06 bits per heavy atom. The van der Waals surface area contributed by atoms with E-state index in [1.165, 1.54) is 11.1 Å². The molecule has 1 atom stereocenters. The van der Waals surface area contributed by atoms with E-state index in [0.717, 1.165) is 30.2 Å². The molecule has 4 heteroatoms. The summed E-state index contributed by atoms with van der Waals surface area (Å²) in [7, 11) is 0. The fraction of sp³-hybridized carbons (Fsp3) is 0.429. The van der Waals surface area contributed by atoms with Crippen molar-refractivity contribution in [3.63, 3.8) is 0 Å². The van der Waals surface area contributed by atoms with Gasteiger partial charge in [-0.25, -0.2) is 4.68 Å². The Morgan fingerprint density at radius 2 is 2.22 bits per heavy atom. The maximum Gasteiger partial charge on any atom is 0.274 e. The van der Waals surface area contributed by atoms with Crippen LogP contribution in [0.4, 0.5) is 0 Å². The number of fused-ring (bicyclic) bond motifs is 1. The van der Waals surface area contributed by atoms with Crippen molar-refractivity contribution in [2.24, 2.45) is 0 Å². The molecule has 3 rings (SSSR count). The van der Waals surface area contributed by atoms with E-state index in [4.69, 9.17) is 4.74 Å². The summed E-state index contributed by atoms with van der Waals surface area (Å²) in [5.74, 6) is 0. The molecular formula is C14H16N2O2. The summed E-state index contributed by atoms with van der Waals surface area (Å²) in [4.78, 5) is 12.2. The average Bonchev–Trinajstić information content (AvgIpc) is 2.43. The highest BCUT2D eigenvalue weighted by atomic mass is 16.5. The zero-order valence-electron chi connectivity index (χ0n) is 10.2. The number of rotatable bonds is 2. The Bertz CT molecular complexity index is 600. The van der Waals surface area contributed by atoms with Gasteiger partial charge in [-0.15, -0.1) is 0 Å². The third kappa shape index (κ3) is 2.16. The fourth-order valence-electron chi connectivity index (χ4n) is 2.40.